The topological polar surface area (TPSA) is 64.7 Å². The summed E-state index contributed by atoms with van der Waals surface area (Å²) < 4.78 is 4.18. The number of aryl methyl sites for hydroxylation is 1. The zero-order chi connectivity index (χ0) is 15.1. The summed E-state index contributed by atoms with van der Waals surface area (Å²) in [6, 6.07) is 2.36. The molecule has 1 aliphatic carbocycles. The number of hydrogen-bond donors (Lipinski definition) is 1. The van der Waals surface area contributed by atoms with Gasteiger partial charge in [0, 0.05) is 36.8 Å². The van der Waals surface area contributed by atoms with Gasteiger partial charge in [-0.25, -0.2) is 9.67 Å². The van der Waals surface area contributed by atoms with Crippen molar-refractivity contribution in [2.24, 2.45) is 5.92 Å². The third-order valence-electron chi connectivity index (χ3n) is 5.01. The SMILES string of the molecule is Cc1ncc2n1CCC(C(=O)Nc1ccnn1C1CCC1)C2. The fourth-order valence-electron chi connectivity index (χ4n) is 3.41. The number of imidazole rings is 1. The van der Waals surface area contributed by atoms with Crippen LogP contribution in [-0.2, 0) is 17.8 Å². The highest BCUT2D eigenvalue weighted by molar-refractivity contribution is 5.92. The third-order valence-corrected chi connectivity index (χ3v) is 5.01. The van der Waals surface area contributed by atoms with Gasteiger partial charge in [-0.2, -0.15) is 5.10 Å². The number of anilines is 1. The molecule has 2 aromatic rings. The van der Waals surface area contributed by atoms with E-state index in [0.29, 0.717) is 6.04 Å². The molecule has 22 heavy (non-hydrogen) atoms. The lowest BCUT2D eigenvalue weighted by Gasteiger charge is -2.28. The highest BCUT2D eigenvalue weighted by atomic mass is 16.2. The van der Waals surface area contributed by atoms with Gasteiger partial charge in [-0.1, -0.05) is 0 Å². The van der Waals surface area contributed by atoms with Crippen LogP contribution in [0.1, 0.15) is 43.2 Å². The van der Waals surface area contributed by atoms with Gasteiger partial charge in [-0.3, -0.25) is 4.79 Å². The minimum Gasteiger partial charge on any atom is -0.332 e. The van der Waals surface area contributed by atoms with E-state index in [1.165, 1.54) is 6.42 Å². The Labute approximate surface area is 129 Å². The first-order chi connectivity index (χ1) is 10.7. The zero-order valence-corrected chi connectivity index (χ0v) is 12.8. The van der Waals surface area contributed by atoms with E-state index < -0.39 is 0 Å². The van der Waals surface area contributed by atoms with E-state index in [-0.39, 0.29) is 11.8 Å². The van der Waals surface area contributed by atoms with E-state index in [1.807, 2.05) is 23.9 Å². The second-order valence-electron chi connectivity index (χ2n) is 6.37. The normalized spacial score (nSPS) is 21.2. The predicted octanol–water partition coefficient (Wildman–Crippen LogP) is 2.31. The average molecular weight is 299 g/mol. The van der Waals surface area contributed by atoms with Crippen LogP contribution in [0.2, 0.25) is 0 Å². The van der Waals surface area contributed by atoms with Crippen LogP contribution in [-0.4, -0.2) is 25.2 Å². The average Bonchev–Trinajstić information content (AvgIpc) is 3.05. The van der Waals surface area contributed by atoms with Crippen LogP contribution >= 0.6 is 0 Å². The van der Waals surface area contributed by atoms with Crippen molar-refractivity contribution in [1.29, 1.82) is 0 Å². The number of nitrogens with one attached hydrogen (secondary N) is 1. The second-order valence-corrected chi connectivity index (χ2v) is 6.37. The van der Waals surface area contributed by atoms with Gasteiger partial charge in [0.25, 0.3) is 0 Å². The Morgan fingerprint density at radius 1 is 1.36 bits per heavy atom. The molecule has 0 radical (unpaired) electrons. The molecule has 4 rings (SSSR count). The molecule has 0 saturated heterocycles. The number of aromatic nitrogens is 4. The summed E-state index contributed by atoms with van der Waals surface area (Å²) in [6.45, 7) is 2.89. The van der Waals surface area contributed by atoms with E-state index in [2.05, 4.69) is 20.0 Å². The quantitative estimate of drug-likeness (QED) is 0.946. The molecular weight excluding hydrogens is 278 g/mol. The number of hydrogen-bond acceptors (Lipinski definition) is 3. The lowest BCUT2D eigenvalue weighted by molar-refractivity contribution is -0.120. The first-order valence-corrected chi connectivity index (χ1v) is 8.08. The molecule has 0 aromatic carbocycles. The molecule has 0 bridgehead atoms. The molecule has 116 valence electrons. The van der Waals surface area contributed by atoms with Crippen LogP contribution in [0.25, 0.3) is 0 Å². The minimum absolute atomic E-state index is 0.0216. The van der Waals surface area contributed by atoms with Crippen LogP contribution in [0.5, 0.6) is 0 Å². The van der Waals surface area contributed by atoms with Crippen molar-refractivity contribution in [2.45, 2.75) is 51.6 Å². The van der Waals surface area contributed by atoms with E-state index in [0.717, 1.165) is 49.6 Å². The number of rotatable bonds is 3. The third kappa shape index (κ3) is 2.23. The molecule has 6 nitrogen and oxygen atoms in total. The second kappa shape index (κ2) is 5.26. The summed E-state index contributed by atoms with van der Waals surface area (Å²) in [5, 5.41) is 7.44. The van der Waals surface area contributed by atoms with Gasteiger partial charge in [0.1, 0.15) is 11.6 Å². The van der Waals surface area contributed by atoms with E-state index in [9.17, 15) is 4.79 Å². The van der Waals surface area contributed by atoms with Crippen LogP contribution < -0.4 is 5.32 Å². The smallest absolute Gasteiger partial charge is 0.229 e. The van der Waals surface area contributed by atoms with Crippen LogP contribution in [0.15, 0.2) is 18.5 Å². The van der Waals surface area contributed by atoms with Crippen molar-refractivity contribution < 1.29 is 4.79 Å². The highest BCUT2D eigenvalue weighted by Gasteiger charge is 2.28. The molecule has 1 unspecified atom stereocenters. The maximum absolute atomic E-state index is 12.6. The predicted molar refractivity (Wildman–Crippen MR) is 82.5 cm³/mol. The monoisotopic (exact) mass is 299 g/mol. The number of nitrogens with zero attached hydrogens (tertiary/aromatic N) is 4. The molecule has 2 aromatic heterocycles. The van der Waals surface area contributed by atoms with Crippen LogP contribution in [0.3, 0.4) is 0 Å². The Kier molecular flexibility index (Phi) is 3.24. The van der Waals surface area contributed by atoms with Gasteiger partial charge in [-0.05, 0) is 32.6 Å². The number of amides is 1. The Balaban J connectivity index is 1.46. The lowest BCUT2D eigenvalue weighted by Crippen LogP contribution is -2.31. The van der Waals surface area contributed by atoms with E-state index in [1.54, 1.807) is 6.20 Å². The van der Waals surface area contributed by atoms with E-state index in [4.69, 9.17) is 0 Å². The van der Waals surface area contributed by atoms with Crippen molar-refractivity contribution in [2.75, 3.05) is 5.32 Å². The van der Waals surface area contributed by atoms with Gasteiger partial charge in [0.2, 0.25) is 5.91 Å². The van der Waals surface area contributed by atoms with Gasteiger partial charge < -0.3 is 9.88 Å². The molecule has 1 N–H and O–H groups in total. The van der Waals surface area contributed by atoms with Crippen LogP contribution in [0, 0.1) is 12.8 Å². The van der Waals surface area contributed by atoms with E-state index >= 15 is 0 Å². The lowest BCUT2D eigenvalue weighted by atomic mass is 9.93. The van der Waals surface area contributed by atoms with Crippen LogP contribution in [0.4, 0.5) is 5.82 Å². The molecule has 6 heteroatoms. The van der Waals surface area contributed by atoms with Crippen molar-refractivity contribution >= 4 is 11.7 Å². The first-order valence-electron chi connectivity index (χ1n) is 8.08. The van der Waals surface area contributed by atoms with Crippen molar-refractivity contribution in [1.82, 2.24) is 19.3 Å². The molecule has 1 aliphatic heterocycles. The molecule has 1 amide bonds. The fraction of sp³-hybridized carbons (Fsp3) is 0.562. The van der Waals surface area contributed by atoms with Crippen molar-refractivity contribution in [3.63, 3.8) is 0 Å². The molecule has 3 heterocycles. The molecule has 0 spiro atoms. The summed E-state index contributed by atoms with van der Waals surface area (Å²) in [4.78, 5) is 16.9. The summed E-state index contributed by atoms with van der Waals surface area (Å²) >= 11 is 0. The first kappa shape index (κ1) is 13.5. The molecule has 1 saturated carbocycles. The molecule has 2 aliphatic rings. The van der Waals surface area contributed by atoms with Gasteiger partial charge in [0.15, 0.2) is 0 Å². The Morgan fingerprint density at radius 3 is 3.00 bits per heavy atom. The summed E-state index contributed by atoms with van der Waals surface area (Å²) in [6.07, 6.45) is 8.88. The zero-order valence-electron chi connectivity index (χ0n) is 12.8. The van der Waals surface area contributed by atoms with Gasteiger partial charge in [0.05, 0.1) is 12.2 Å². The molecule has 1 fully saturated rings. The Bertz CT molecular complexity index is 697. The number of fused-ring (bicyclic) bond motifs is 1. The number of carbonyl (C=O) groups excluding carboxylic acids is 1. The molecule has 1 atom stereocenters. The maximum Gasteiger partial charge on any atom is 0.229 e. The summed E-state index contributed by atoms with van der Waals surface area (Å²) in [7, 11) is 0. The van der Waals surface area contributed by atoms with Crippen molar-refractivity contribution in [3.05, 3.63) is 30.0 Å². The summed E-state index contributed by atoms with van der Waals surface area (Å²) in [5.74, 6) is 2.00. The fourth-order valence-corrected chi connectivity index (χ4v) is 3.41. The minimum atomic E-state index is 0.0216. The summed E-state index contributed by atoms with van der Waals surface area (Å²) in [5.41, 5.74) is 1.16. The molecular formula is C16H21N5O. The standard InChI is InChI=1S/C16H21N5O/c1-11-17-10-14-9-12(6-8-20(11)14)16(22)19-15-5-7-18-21(15)13-3-2-4-13/h5,7,10,12-13H,2-4,6,8-9H2,1H3,(H,19,22). The van der Waals surface area contributed by atoms with Gasteiger partial charge in [-0.15, -0.1) is 0 Å². The Hall–Kier alpha value is -2.11. The highest BCUT2D eigenvalue weighted by Crippen LogP contribution is 2.33. The van der Waals surface area contributed by atoms with Crippen molar-refractivity contribution in [3.8, 4) is 0 Å². The largest absolute Gasteiger partial charge is 0.332 e. The van der Waals surface area contributed by atoms with Gasteiger partial charge >= 0.3 is 0 Å². The number of carbonyl (C=O) groups is 1. The Morgan fingerprint density at radius 2 is 2.23 bits per heavy atom. The maximum atomic E-state index is 12.6.